The molecule has 1 heterocycles. The van der Waals surface area contributed by atoms with E-state index in [4.69, 9.17) is 5.11 Å². The van der Waals surface area contributed by atoms with Crippen molar-refractivity contribution >= 4 is 16.0 Å². The van der Waals surface area contributed by atoms with Crippen LogP contribution in [0.3, 0.4) is 0 Å². The molecule has 0 aromatic carbocycles. The van der Waals surface area contributed by atoms with Crippen molar-refractivity contribution in [1.29, 1.82) is 0 Å². The number of carbonyl (C=O) groups is 1. The Balaban J connectivity index is 3.26. The maximum Gasteiger partial charge on any atom is 0.418 e. The van der Waals surface area contributed by atoms with Gasteiger partial charge in [0, 0.05) is 7.05 Å². The molecular weight excluding hydrogens is 291 g/mol. The molecule has 1 rings (SSSR count). The van der Waals surface area contributed by atoms with Gasteiger partial charge in [-0.15, -0.1) is 0 Å². The highest BCUT2D eigenvalue weighted by molar-refractivity contribution is 7.89. The molecule has 0 saturated carbocycles. The van der Waals surface area contributed by atoms with Gasteiger partial charge in [-0.05, 0) is 13.0 Å². The normalized spacial score (nSPS) is 16.1. The number of rotatable bonds is 4. The zero-order valence-electron chi connectivity index (χ0n) is 9.76. The Labute approximate surface area is 106 Å². The Bertz CT molecular complexity index is 595. The first-order valence-corrected chi connectivity index (χ1v) is 6.22. The Morgan fingerprint density at radius 3 is 2.32 bits per heavy atom. The number of carboxylic acids is 1. The minimum absolute atomic E-state index is 0.225. The molecule has 1 aromatic heterocycles. The molecule has 2 N–H and O–H groups in total. The highest BCUT2D eigenvalue weighted by Gasteiger charge is 2.59. The van der Waals surface area contributed by atoms with Gasteiger partial charge in [0.05, 0.1) is 6.20 Å². The number of aliphatic carboxylic acids is 1. The van der Waals surface area contributed by atoms with Crippen LogP contribution in [0.1, 0.15) is 6.92 Å². The molecule has 1 atom stereocenters. The van der Waals surface area contributed by atoms with Crippen molar-refractivity contribution in [3.05, 3.63) is 12.3 Å². The molecule has 108 valence electrons. The van der Waals surface area contributed by atoms with Gasteiger partial charge in [0.25, 0.3) is 10.0 Å². The first-order chi connectivity index (χ1) is 8.42. The number of aromatic nitrogens is 2. The molecule has 7 nitrogen and oxygen atoms in total. The second kappa shape index (κ2) is 4.49. The van der Waals surface area contributed by atoms with E-state index in [0.717, 1.165) is 21.7 Å². The molecule has 0 aliphatic carbocycles. The van der Waals surface area contributed by atoms with Crippen molar-refractivity contribution in [2.75, 3.05) is 0 Å². The van der Waals surface area contributed by atoms with Gasteiger partial charge in [-0.3, -0.25) is 4.68 Å². The third-order valence-electron chi connectivity index (χ3n) is 2.38. The number of alkyl halides is 3. The van der Waals surface area contributed by atoms with Crippen molar-refractivity contribution in [3.63, 3.8) is 0 Å². The van der Waals surface area contributed by atoms with Crippen LogP contribution in [0.5, 0.6) is 0 Å². The maximum atomic E-state index is 12.7. The molecule has 19 heavy (non-hydrogen) atoms. The predicted molar refractivity (Wildman–Crippen MR) is 55.6 cm³/mol. The third-order valence-corrected chi connectivity index (χ3v) is 4.01. The van der Waals surface area contributed by atoms with Crippen LogP contribution in [0.25, 0.3) is 0 Å². The van der Waals surface area contributed by atoms with Crippen LogP contribution in [0.4, 0.5) is 13.2 Å². The number of hydrogen-bond acceptors (Lipinski definition) is 4. The fourth-order valence-electron chi connectivity index (χ4n) is 1.17. The minimum Gasteiger partial charge on any atom is -0.480 e. The van der Waals surface area contributed by atoms with Crippen LogP contribution < -0.4 is 4.72 Å². The van der Waals surface area contributed by atoms with Gasteiger partial charge in [0.2, 0.25) is 5.54 Å². The highest BCUT2D eigenvalue weighted by Crippen LogP contribution is 2.31. The lowest BCUT2D eigenvalue weighted by Crippen LogP contribution is -2.61. The first-order valence-electron chi connectivity index (χ1n) is 4.74. The summed E-state index contributed by atoms with van der Waals surface area (Å²) < 4.78 is 63.5. The van der Waals surface area contributed by atoms with Crippen molar-refractivity contribution in [2.24, 2.45) is 7.05 Å². The van der Waals surface area contributed by atoms with Gasteiger partial charge in [0.1, 0.15) is 0 Å². The number of nitrogens with zero attached hydrogens (tertiary/aromatic N) is 2. The van der Waals surface area contributed by atoms with Crippen molar-refractivity contribution < 1.29 is 31.5 Å². The molecule has 1 unspecified atom stereocenters. The number of aryl methyl sites for hydroxylation is 1. The van der Waals surface area contributed by atoms with Crippen LogP contribution in [0.15, 0.2) is 17.3 Å². The minimum atomic E-state index is -5.30. The average Bonchev–Trinajstić information content (AvgIpc) is 2.62. The third kappa shape index (κ3) is 2.71. The molecule has 0 spiro atoms. The van der Waals surface area contributed by atoms with Crippen molar-refractivity contribution in [2.45, 2.75) is 23.7 Å². The van der Waals surface area contributed by atoms with Gasteiger partial charge in [-0.2, -0.15) is 23.0 Å². The van der Waals surface area contributed by atoms with Gasteiger partial charge >= 0.3 is 12.1 Å². The summed E-state index contributed by atoms with van der Waals surface area (Å²) in [6.07, 6.45) is -4.25. The van der Waals surface area contributed by atoms with E-state index in [1.807, 2.05) is 0 Å². The van der Waals surface area contributed by atoms with Crippen molar-refractivity contribution in [1.82, 2.24) is 14.5 Å². The summed E-state index contributed by atoms with van der Waals surface area (Å²) in [6.45, 7) is 0.225. The SMILES string of the molecule is Cn1nccc1S(=O)(=O)NC(C)(C(=O)O)C(F)(F)F. The molecule has 0 amide bonds. The molecule has 0 bridgehead atoms. The molecule has 0 aliphatic heterocycles. The van der Waals surface area contributed by atoms with Crippen LogP contribution in [-0.2, 0) is 21.9 Å². The van der Waals surface area contributed by atoms with E-state index in [1.54, 1.807) is 0 Å². The van der Waals surface area contributed by atoms with Crippen molar-refractivity contribution in [3.8, 4) is 0 Å². The summed E-state index contributed by atoms with van der Waals surface area (Å²) in [5.74, 6) is -2.36. The molecule has 0 radical (unpaired) electrons. The van der Waals surface area contributed by atoms with E-state index in [9.17, 15) is 26.4 Å². The van der Waals surface area contributed by atoms with Crippen LogP contribution in [0, 0.1) is 0 Å². The summed E-state index contributed by atoms with van der Waals surface area (Å²) in [6, 6.07) is 0.945. The number of halogens is 3. The topological polar surface area (TPSA) is 101 Å². The fourth-order valence-corrected chi connectivity index (χ4v) is 2.65. The summed E-state index contributed by atoms with van der Waals surface area (Å²) in [5, 5.41) is 11.5. The Kier molecular flexibility index (Phi) is 3.65. The largest absolute Gasteiger partial charge is 0.480 e. The Morgan fingerprint density at radius 1 is 1.47 bits per heavy atom. The molecular formula is C8H10F3N3O4S. The van der Waals surface area contributed by atoms with E-state index < -0.39 is 32.7 Å². The van der Waals surface area contributed by atoms with E-state index >= 15 is 0 Å². The number of carboxylic acid groups (broad SMARTS) is 1. The van der Waals surface area contributed by atoms with Crippen LogP contribution >= 0.6 is 0 Å². The average molecular weight is 301 g/mol. The summed E-state index contributed by atoms with van der Waals surface area (Å²) in [5.41, 5.74) is -3.63. The molecule has 11 heteroatoms. The predicted octanol–water partition coefficient (Wildman–Crippen LogP) is 0.104. The monoisotopic (exact) mass is 301 g/mol. The smallest absolute Gasteiger partial charge is 0.418 e. The molecule has 0 aliphatic rings. The first kappa shape index (κ1) is 15.4. The standard InChI is InChI=1S/C8H10F3N3O4S/c1-7(6(15)16,8(9,10)11)13-19(17,18)5-3-4-12-14(5)2/h3-4,13H,1-2H3,(H,15,16). The lowest BCUT2D eigenvalue weighted by molar-refractivity contribution is -0.201. The summed E-state index contributed by atoms with van der Waals surface area (Å²) >= 11 is 0. The van der Waals surface area contributed by atoms with Crippen LogP contribution in [-0.4, -0.2) is 41.0 Å². The summed E-state index contributed by atoms with van der Waals surface area (Å²) in [4.78, 5) is 10.7. The number of nitrogens with one attached hydrogen (secondary N) is 1. The van der Waals surface area contributed by atoms with E-state index in [-0.39, 0.29) is 6.92 Å². The summed E-state index contributed by atoms with van der Waals surface area (Å²) in [7, 11) is -3.49. The number of sulfonamides is 1. The van der Waals surface area contributed by atoms with E-state index in [0.29, 0.717) is 0 Å². The number of hydrogen-bond donors (Lipinski definition) is 2. The van der Waals surface area contributed by atoms with E-state index in [1.165, 1.54) is 7.05 Å². The second-order valence-electron chi connectivity index (χ2n) is 3.83. The van der Waals surface area contributed by atoms with Crippen LogP contribution in [0.2, 0.25) is 0 Å². The Morgan fingerprint density at radius 2 is 2.00 bits per heavy atom. The van der Waals surface area contributed by atoms with Gasteiger partial charge in [0.15, 0.2) is 5.03 Å². The maximum absolute atomic E-state index is 12.7. The molecule has 1 aromatic rings. The highest BCUT2D eigenvalue weighted by atomic mass is 32.2. The van der Waals surface area contributed by atoms with Gasteiger partial charge < -0.3 is 5.11 Å². The molecule has 0 fully saturated rings. The zero-order valence-corrected chi connectivity index (χ0v) is 10.6. The molecule has 0 saturated heterocycles. The lowest BCUT2D eigenvalue weighted by Gasteiger charge is -2.28. The zero-order chi connectivity index (χ0) is 15.1. The Hall–Kier alpha value is -1.62. The van der Waals surface area contributed by atoms with E-state index in [2.05, 4.69) is 5.10 Å². The van der Waals surface area contributed by atoms with Gasteiger partial charge in [-0.1, -0.05) is 0 Å². The fraction of sp³-hybridized carbons (Fsp3) is 0.500. The lowest BCUT2D eigenvalue weighted by atomic mass is 10.0. The van der Waals surface area contributed by atoms with Gasteiger partial charge in [-0.25, -0.2) is 13.2 Å². The quantitative estimate of drug-likeness (QED) is 0.821. The second-order valence-corrected chi connectivity index (χ2v) is 5.46.